The first kappa shape index (κ1) is 20.4. The van der Waals surface area contributed by atoms with E-state index in [2.05, 4.69) is 30.0 Å². The van der Waals surface area contributed by atoms with E-state index < -0.39 is 14.8 Å². The lowest BCUT2D eigenvalue weighted by atomic mass is 9.99. The summed E-state index contributed by atoms with van der Waals surface area (Å²) in [5.41, 5.74) is 5.60. The van der Waals surface area contributed by atoms with Gasteiger partial charge in [-0.3, -0.25) is 9.52 Å². The lowest BCUT2D eigenvalue weighted by molar-refractivity contribution is 0.102. The first-order chi connectivity index (χ1) is 13.0. The summed E-state index contributed by atoms with van der Waals surface area (Å²) in [5.74, 6) is 0.363. The summed E-state index contributed by atoms with van der Waals surface area (Å²) in [6.07, 6.45) is 2.20. The maximum Gasteiger partial charge on any atom is 0.255 e. The van der Waals surface area contributed by atoms with Crippen LogP contribution in [0.4, 0.5) is 11.4 Å². The monoisotopic (exact) mass is 400 g/mol. The van der Waals surface area contributed by atoms with E-state index in [4.69, 9.17) is 0 Å². The van der Waals surface area contributed by atoms with E-state index in [1.54, 1.807) is 45.0 Å². The highest BCUT2D eigenvalue weighted by Crippen LogP contribution is 2.37. The normalized spacial score (nSPS) is 16.5. The second-order valence-corrected chi connectivity index (χ2v) is 10.9. The van der Waals surface area contributed by atoms with E-state index in [0.29, 0.717) is 17.2 Å². The number of fused-ring (bicyclic) bond motifs is 1. The summed E-state index contributed by atoms with van der Waals surface area (Å²) in [6, 6.07) is 10.5. The third kappa shape index (κ3) is 3.92. The molecule has 1 aliphatic carbocycles. The average molecular weight is 401 g/mol. The molecule has 1 atom stereocenters. The Morgan fingerprint density at radius 3 is 2.32 bits per heavy atom. The van der Waals surface area contributed by atoms with Crippen molar-refractivity contribution in [1.29, 1.82) is 0 Å². The van der Waals surface area contributed by atoms with Crippen molar-refractivity contribution in [2.75, 3.05) is 10.0 Å². The maximum atomic E-state index is 12.6. The Hall–Kier alpha value is -2.34. The predicted molar refractivity (Wildman–Crippen MR) is 115 cm³/mol. The molecular formula is C22H28N2O3S. The Bertz CT molecular complexity index is 1000. The minimum Gasteiger partial charge on any atom is -0.322 e. The number of rotatable bonds is 4. The summed E-state index contributed by atoms with van der Waals surface area (Å²) < 4.78 is 26.1. The molecule has 0 saturated heterocycles. The first-order valence-corrected chi connectivity index (χ1v) is 11.0. The highest BCUT2D eigenvalue weighted by Gasteiger charge is 2.29. The van der Waals surface area contributed by atoms with Gasteiger partial charge in [-0.1, -0.05) is 13.0 Å². The van der Waals surface area contributed by atoms with Gasteiger partial charge in [0, 0.05) is 16.9 Å². The van der Waals surface area contributed by atoms with E-state index in [1.165, 1.54) is 11.1 Å². The number of hydrogen-bond donors (Lipinski definition) is 2. The van der Waals surface area contributed by atoms with E-state index in [0.717, 1.165) is 24.1 Å². The number of benzene rings is 2. The molecule has 3 rings (SSSR count). The molecule has 0 heterocycles. The van der Waals surface area contributed by atoms with Crippen molar-refractivity contribution in [3.63, 3.8) is 0 Å². The number of anilines is 2. The molecule has 0 aliphatic heterocycles. The van der Waals surface area contributed by atoms with Crippen LogP contribution in [0, 0.1) is 6.92 Å². The second kappa shape index (κ2) is 7.24. The van der Waals surface area contributed by atoms with Gasteiger partial charge < -0.3 is 5.32 Å². The fourth-order valence-corrected chi connectivity index (χ4v) is 4.17. The van der Waals surface area contributed by atoms with Crippen molar-refractivity contribution in [2.24, 2.45) is 0 Å². The van der Waals surface area contributed by atoms with Crippen molar-refractivity contribution < 1.29 is 13.2 Å². The van der Waals surface area contributed by atoms with Crippen LogP contribution in [0.2, 0.25) is 0 Å². The molecular weight excluding hydrogens is 372 g/mol. The minimum absolute atomic E-state index is 0.209. The van der Waals surface area contributed by atoms with Crippen LogP contribution in [0.5, 0.6) is 0 Å². The van der Waals surface area contributed by atoms with Crippen LogP contribution in [0.1, 0.15) is 67.1 Å². The van der Waals surface area contributed by atoms with Crippen molar-refractivity contribution >= 4 is 27.3 Å². The van der Waals surface area contributed by atoms with Crippen LogP contribution < -0.4 is 10.0 Å². The summed E-state index contributed by atoms with van der Waals surface area (Å²) in [6.45, 7) is 9.19. The molecule has 150 valence electrons. The second-order valence-electron chi connectivity index (χ2n) is 8.49. The summed E-state index contributed by atoms with van der Waals surface area (Å²) in [5, 5.41) is 2.99. The molecule has 2 aromatic carbocycles. The Morgan fingerprint density at radius 2 is 1.71 bits per heavy atom. The van der Waals surface area contributed by atoms with Gasteiger partial charge in [0.2, 0.25) is 10.0 Å². The SMILES string of the molecule is Cc1c(NC(=O)c2ccc(NS(=O)(=O)C(C)(C)C)cc2)ccc2c1CCC2C. The average Bonchev–Trinajstić information content (AvgIpc) is 2.98. The zero-order valence-electron chi connectivity index (χ0n) is 17.1. The quantitative estimate of drug-likeness (QED) is 0.771. The van der Waals surface area contributed by atoms with Gasteiger partial charge in [-0.05, 0) is 93.5 Å². The van der Waals surface area contributed by atoms with Crippen LogP contribution in [0.3, 0.4) is 0 Å². The number of hydrogen-bond acceptors (Lipinski definition) is 3. The first-order valence-electron chi connectivity index (χ1n) is 9.56. The van der Waals surface area contributed by atoms with Crippen molar-refractivity contribution in [3.8, 4) is 0 Å². The number of amides is 1. The fourth-order valence-electron chi connectivity index (χ4n) is 3.42. The standard InChI is InChI=1S/C22H28N2O3S/c1-14-6-11-19-15(2)20(13-12-18(14)19)23-21(25)16-7-9-17(10-8-16)24-28(26,27)22(3,4)5/h7-10,12-14,24H,6,11H2,1-5H3,(H,23,25). The molecule has 0 fully saturated rings. The fraction of sp³-hybridized carbons (Fsp3) is 0.409. The van der Waals surface area contributed by atoms with Crippen LogP contribution in [0.15, 0.2) is 36.4 Å². The van der Waals surface area contributed by atoms with Crippen LogP contribution in [-0.4, -0.2) is 19.1 Å². The molecule has 5 nitrogen and oxygen atoms in total. The number of carbonyl (C=O) groups is 1. The van der Waals surface area contributed by atoms with Crippen molar-refractivity contribution in [2.45, 2.75) is 58.1 Å². The molecule has 6 heteroatoms. The summed E-state index contributed by atoms with van der Waals surface area (Å²) in [7, 11) is -3.50. The van der Waals surface area contributed by atoms with Crippen LogP contribution >= 0.6 is 0 Å². The maximum absolute atomic E-state index is 12.6. The van der Waals surface area contributed by atoms with E-state index in [1.807, 2.05) is 6.07 Å². The van der Waals surface area contributed by atoms with Crippen molar-refractivity contribution in [3.05, 3.63) is 58.7 Å². The Morgan fingerprint density at radius 1 is 1.07 bits per heavy atom. The smallest absolute Gasteiger partial charge is 0.255 e. The van der Waals surface area contributed by atoms with Gasteiger partial charge in [0.15, 0.2) is 0 Å². The summed E-state index contributed by atoms with van der Waals surface area (Å²) >= 11 is 0. The van der Waals surface area contributed by atoms with Gasteiger partial charge in [-0.25, -0.2) is 8.42 Å². The lowest BCUT2D eigenvalue weighted by Crippen LogP contribution is -2.33. The summed E-state index contributed by atoms with van der Waals surface area (Å²) in [4.78, 5) is 12.6. The molecule has 0 spiro atoms. The third-order valence-corrected chi connectivity index (χ3v) is 7.56. The number of nitrogens with one attached hydrogen (secondary N) is 2. The van der Waals surface area contributed by atoms with Gasteiger partial charge in [-0.15, -0.1) is 0 Å². The topological polar surface area (TPSA) is 75.3 Å². The highest BCUT2D eigenvalue weighted by molar-refractivity contribution is 7.94. The van der Waals surface area contributed by atoms with Gasteiger partial charge in [0.05, 0.1) is 4.75 Å². The van der Waals surface area contributed by atoms with Crippen LogP contribution in [-0.2, 0) is 16.4 Å². The molecule has 0 aromatic heterocycles. The molecule has 2 aromatic rings. The molecule has 1 aliphatic rings. The highest BCUT2D eigenvalue weighted by atomic mass is 32.2. The van der Waals surface area contributed by atoms with Gasteiger partial charge in [-0.2, -0.15) is 0 Å². The van der Waals surface area contributed by atoms with Gasteiger partial charge in [0.25, 0.3) is 5.91 Å². The molecule has 2 N–H and O–H groups in total. The number of sulfonamides is 1. The number of carbonyl (C=O) groups excluding carboxylic acids is 1. The molecule has 28 heavy (non-hydrogen) atoms. The largest absolute Gasteiger partial charge is 0.322 e. The Balaban J connectivity index is 1.74. The molecule has 0 bridgehead atoms. The predicted octanol–water partition coefficient (Wildman–Crippen LogP) is 4.84. The zero-order valence-corrected chi connectivity index (χ0v) is 17.9. The lowest BCUT2D eigenvalue weighted by Gasteiger charge is -2.20. The van der Waals surface area contributed by atoms with Crippen molar-refractivity contribution in [1.82, 2.24) is 0 Å². The Labute approximate surface area is 167 Å². The van der Waals surface area contributed by atoms with Crippen LogP contribution in [0.25, 0.3) is 0 Å². The zero-order chi connectivity index (χ0) is 20.7. The van der Waals surface area contributed by atoms with E-state index in [9.17, 15) is 13.2 Å². The van der Waals surface area contributed by atoms with Gasteiger partial charge >= 0.3 is 0 Å². The Kier molecular flexibility index (Phi) is 5.28. The molecule has 0 radical (unpaired) electrons. The van der Waals surface area contributed by atoms with E-state index >= 15 is 0 Å². The molecule has 1 amide bonds. The molecule has 0 saturated carbocycles. The minimum atomic E-state index is -3.50. The molecule has 1 unspecified atom stereocenters. The van der Waals surface area contributed by atoms with E-state index in [-0.39, 0.29) is 5.91 Å². The van der Waals surface area contributed by atoms with Gasteiger partial charge in [0.1, 0.15) is 0 Å². The third-order valence-electron chi connectivity index (χ3n) is 5.45.